The maximum atomic E-state index is 6.09. The average molecular weight is 378 g/mol. The van der Waals surface area contributed by atoms with Crippen LogP contribution in [0.5, 0.6) is 0 Å². The molecule has 0 saturated carbocycles. The third-order valence-electron chi connectivity index (χ3n) is 2.36. The first-order valence-electron chi connectivity index (χ1n) is 5.09. The van der Waals surface area contributed by atoms with Gasteiger partial charge < -0.3 is 5.32 Å². The Bertz CT molecular complexity index is 529. The summed E-state index contributed by atoms with van der Waals surface area (Å²) < 4.78 is 1.10. The van der Waals surface area contributed by atoms with Crippen LogP contribution in [0.1, 0.15) is 5.56 Å². The number of nitrogens with one attached hydrogen (secondary N) is 1. The molecule has 2 aromatic rings. The fourth-order valence-corrected chi connectivity index (χ4v) is 2.73. The van der Waals surface area contributed by atoms with E-state index in [1.54, 1.807) is 0 Å². The molecule has 0 unspecified atom stereocenters. The van der Waals surface area contributed by atoms with Crippen LogP contribution < -0.4 is 5.32 Å². The van der Waals surface area contributed by atoms with E-state index in [-0.39, 0.29) is 0 Å². The van der Waals surface area contributed by atoms with Gasteiger partial charge in [0, 0.05) is 25.8 Å². The molecule has 2 aromatic carbocycles. The van der Waals surface area contributed by atoms with Gasteiger partial charge in [-0.15, -0.1) is 0 Å². The smallest absolute Gasteiger partial charge is 0.0479 e. The summed E-state index contributed by atoms with van der Waals surface area (Å²) in [5.41, 5.74) is 2.15. The molecule has 4 heteroatoms. The van der Waals surface area contributed by atoms with Gasteiger partial charge in [-0.3, -0.25) is 0 Å². The Hall–Kier alpha value is -0.450. The van der Waals surface area contributed by atoms with Crippen LogP contribution in [-0.2, 0) is 6.54 Å². The standard InChI is InChI=1S/C13H10Cl2IN/c14-10-5-6-13(12(16)7-10)17-8-9-3-1-2-4-11(9)15/h1-7,17H,8H2. The van der Waals surface area contributed by atoms with Crippen molar-refractivity contribution >= 4 is 51.5 Å². The molecule has 0 aliphatic rings. The summed E-state index contributed by atoms with van der Waals surface area (Å²) in [7, 11) is 0. The predicted molar refractivity (Wildman–Crippen MR) is 82.9 cm³/mol. The van der Waals surface area contributed by atoms with E-state index in [0.717, 1.165) is 24.9 Å². The second kappa shape index (κ2) is 5.94. The fourth-order valence-electron chi connectivity index (χ4n) is 1.47. The molecule has 0 aromatic heterocycles. The molecule has 0 atom stereocenters. The van der Waals surface area contributed by atoms with Crippen molar-refractivity contribution in [3.05, 3.63) is 61.6 Å². The first-order valence-corrected chi connectivity index (χ1v) is 6.92. The monoisotopic (exact) mass is 377 g/mol. The van der Waals surface area contributed by atoms with Gasteiger partial charge >= 0.3 is 0 Å². The molecule has 0 aliphatic heterocycles. The van der Waals surface area contributed by atoms with Gasteiger partial charge in [0.15, 0.2) is 0 Å². The Morgan fingerprint density at radius 2 is 1.82 bits per heavy atom. The first kappa shape index (κ1) is 13.0. The van der Waals surface area contributed by atoms with E-state index >= 15 is 0 Å². The van der Waals surface area contributed by atoms with Crippen molar-refractivity contribution in [1.82, 2.24) is 0 Å². The molecular weight excluding hydrogens is 368 g/mol. The van der Waals surface area contributed by atoms with Gasteiger partial charge in [0.1, 0.15) is 0 Å². The zero-order valence-corrected chi connectivity index (χ0v) is 12.6. The molecular formula is C13H10Cl2IN. The van der Waals surface area contributed by atoms with Crippen LogP contribution in [0.2, 0.25) is 10.0 Å². The lowest BCUT2D eigenvalue weighted by molar-refractivity contribution is 1.15. The average Bonchev–Trinajstić information content (AvgIpc) is 2.30. The van der Waals surface area contributed by atoms with E-state index < -0.39 is 0 Å². The van der Waals surface area contributed by atoms with Gasteiger partial charge in [0.25, 0.3) is 0 Å². The lowest BCUT2D eigenvalue weighted by atomic mass is 10.2. The highest BCUT2D eigenvalue weighted by Gasteiger charge is 2.02. The van der Waals surface area contributed by atoms with Gasteiger partial charge in [-0.25, -0.2) is 0 Å². The van der Waals surface area contributed by atoms with Gasteiger partial charge in [0.05, 0.1) is 0 Å². The topological polar surface area (TPSA) is 12.0 Å². The lowest BCUT2D eigenvalue weighted by Gasteiger charge is -2.10. The van der Waals surface area contributed by atoms with Crippen molar-refractivity contribution in [2.75, 3.05) is 5.32 Å². The van der Waals surface area contributed by atoms with E-state index in [0.29, 0.717) is 6.54 Å². The van der Waals surface area contributed by atoms with Crippen molar-refractivity contribution in [3.8, 4) is 0 Å². The molecule has 0 spiro atoms. The molecule has 1 nitrogen and oxygen atoms in total. The van der Waals surface area contributed by atoms with Crippen LogP contribution in [0.25, 0.3) is 0 Å². The Morgan fingerprint density at radius 3 is 2.53 bits per heavy atom. The second-order valence-corrected chi connectivity index (χ2v) is 5.57. The highest BCUT2D eigenvalue weighted by Crippen LogP contribution is 2.23. The zero-order valence-electron chi connectivity index (χ0n) is 8.88. The Labute approximate surface area is 124 Å². The van der Waals surface area contributed by atoms with E-state index in [1.165, 1.54) is 0 Å². The maximum absolute atomic E-state index is 6.09. The van der Waals surface area contributed by atoms with Gasteiger partial charge in [-0.2, -0.15) is 0 Å². The van der Waals surface area contributed by atoms with Crippen LogP contribution >= 0.6 is 45.8 Å². The van der Waals surface area contributed by atoms with Crippen molar-refractivity contribution < 1.29 is 0 Å². The molecule has 0 heterocycles. The van der Waals surface area contributed by atoms with Crippen molar-refractivity contribution in [2.45, 2.75) is 6.54 Å². The number of hydrogen-bond donors (Lipinski definition) is 1. The van der Waals surface area contributed by atoms with Crippen LogP contribution in [0.15, 0.2) is 42.5 Å². The Morgan fingerprint density at radius 1 is 1.06 bits per heavy atom. The molecule has 2 rings (SSSR count). The summed E-state index contributed by atoms with van der Waals surface area (Å²) in [6.07, 6.45) is 0. The van der Waals surface area contributed by atoms with Crippen LogP contribution in [-0.4, -0.2) is 0 Å². The highest BCUT2D eigenvalue weighted by molar-refractivity contribution is 14.1. The van der Waals surface area contributed by atoms with E-state index in [9.17, 15) is 0 Å². The van der Waals surface area contributed by atoms with Gasteiger partial charge in [0.2, 0.25) is 0 Å². The van der Waals surface area contributed by atoms with Gasteiger partial charge in [-0.1, -0.05) is 41.4 Å². The second-order valence-electron chi connectivity index (χ2n) is 3.57. The number of halogens is 3. The molecule has 0 fully saturated rings. The predicted octanol–water partition coefficient (Wildman–Crippen LogP) is 5.21. The quantitative estimate of drug-likeness (QED) is 0.724. The number of rotatable bonds is 3. The van der Waals surface area contributed by atoms with Crippen molar-refractivity contribution in [1.29, 1.82) is 0 Å². The SMILES string of the molecule is Clc1ccc(NCc2ccccc2Cl)c(I)c1. The summed E-state index contributed by atoms with van der Waals surface area (Å²) in [5, 5.41) is 4.88. The minimum atomic E-state index is 0.706. The fraction of sp³-hybridized carbons (Fsp3) is 0.0769. The molecule has 0 radical (unpaired) electrons. The molecule has 0 bridgehead atoms. The first-order chi connectivity index (χ1) is 8.16. The van der Waals surface area contributed by atoms with Crippen LogP contribution in [0.4, 0.5) is 5.69 Å². The molecule has 0 aliphatic carbocycles. The molecule has 0 amide bonds. The molecule has 0 saturated heterocycles. The summed E-state index contributed by atoms with van der Waals surface area (Å²) in [6, 6.07) is 13.6. The van der Waals surface area contributed by atoms with Crippen molar-refractivity contribution in [3.63, 3.8) is 0 Å². The Balaban J connectivity index is 2.10. The summed E-state index contributed by atoms with van der Waals surface area (Å²) >= 11 is 14.3. The van der Waals surface area contributed by atoms with E-state index in [1.807, 2.05) is 42.5 Å². The lowest BCUT2D eigenvalue weighted by Crippen LogP contribution is -2.01. The molecule has 88 valence electrons. The van der Waals surface area contributed by atoms with E-state index in [4.69, 9.17) is 23.2 Å². The molecule has 1 N–H and O–H groups in total. The van der Waals surface area contributed by atoms with Crippen LogP contribution in [0, 0.1) is 3.57 Å². The normalized spacial score (nSPS) is 10.3. The summed E-state index contributed by atoms with van der Waals surface area (Å²) in [4.78, 5) is 0. The third-order valence-corrected chi connectivity index (χ3v) is 3.85. The minimum Gasteiger partial charge on any atom is -0.380 e. The largest absolute Gasteiger partial charge is 0.380 e. The maximum Gasteiger partial charge on any atom is 0.0479 e. The summed E-state index contributed by atoms with van der Waals surface area (Å²) in [6.45, 7) is 0.706. The highest BCUT2D eigenvalue weighted by atomic mass is 127. The number of anilines is 1. The number of benzene rings is 2. The summed E-state index contributed by atoms with van der Waals surface area (Å²) in [5.74, 6) is 0. The minimum absolute atomic E-state index is 0.706. The zero-order chi connectivity index (χ0) is 12.3. The Kier molecular flexibility index (Phi) is 4.54. The number of hydrogen-bond acceptors (Lipinski definition) is 1. The van der Waals surface area contributed by atoms with Crippen LogP contribution in [0.3, 0.4) is 0 Å². The van der Waals surface area contributed by atoms with Gasteiger partial charge in [-0.05, 0) is 52.4 Å². The third kappa shape index (κ3) is 3.50. The van der Waals surface area contributed by atoms with E-state index in [2.05, 4.69) is 27.9 Å². The molecule has 17 heavy (non-hydrogen) atoms. The van der Waals surface area contributed by atoms with Crippen molar-refractivity contribution in [2.24, 2.45) is 0 Å².